The first kappa shape index (κ1) is 37.1. The van der Waals surface area contributed by atoms with Crippen LogP contribution in [0, 0.1) is 36.5 Å². The second kappa shape index (κ2) is 13.4. The van der Waals surface area contributed by atoms with Gasteiger partial charge in [-0.1, -0.05) is 80.6 Å². The standard InChI is InChI=1S/C52H46N8/c1-32(2)29-57-30-35(5)58(41-18-22-55-27-44(41)57)49-38(25-53)46-47(52(7)21-20-51(46,6)31-52)39(26-54)50(49)59-40-17-16-37(36-14-9-8-10-15-36)24-43(40)60(45-28-56-23-19-42(45)59)48-33(3)12-11-13-34(48)4/h8-19,22-24,27-28,30H,1,20-21,29,31H2,2-7H3. The third-order valence-electron chi connectivity index (χ3n) is 13.3. The lowest BCUT2D eigenvalue weighted by molar-refractivity contribution is 0.483. The summed E-state index contributed by atoms with van der Waals surface area (Å²) >= 11 is 0. The minimum Gasteiger partial charge on any atom is -0.339 e. The molecule has 0 saturated heterocycles. The molecule has 4 aromatic carbocycles. The van der Waals surface area contributed by atoms with Crippen LogP contribution in [0.3, 0.4) is 0 Å². The van der Waals surface area contributed by atoms with Crippen molar-refractivity contribution in [1.82, 2.24) is 9.97 Å². The van der Waals surface area contributed by atoms with Crippen LogP contribution in [0.5, 0.6) is 0 Å². The van der Waals surface area contributed by atoms with Crippen molar-refractivity contribution in [2.24, 2.45) is 0 Å². The molecular formula is C52H46N8. The summed E-state index contributed by atoms with van der Waals surface area (Å²) in [5, 5.41) is 23.5. The quantitative estimate of drug-likeness (QED) is 0.154. The molecular weight excluding hydrogens is 737 g/mol. The Hall–Kier alpha value is -7.16. The van der Waals surface area contributed by atoms with Crippen molar-refractivity contribution in [2.45, 2.75) is 71.6 Å². The number of benzene rings is 4. The average Bonchev–Trinajstić information content (AvgIpc) is 3.69. The van der Waals surface area contributed by atoms with Crippen LogP contribution in [0.25, 0.3) is 11.1 Å². The normalized spacial score (nSPS) is 19.5. The Morgan fingerprint density at radius 1 is 0.650 bits per heavy atom. The molecule has 0 N–H and O–H groups in total. The molecule has 1 saturated carbocycles. The van der Waals surface area contributed by atoms with Gasteiger partial charge >= 0.3 is 0 Å². The number of allylic oxidation sites excluding steroid dienone is 1. The second-order valence-corrected chi connectivity index (χ2v) is 17.6. The molecule has 60 heavy (non-hydrogen) atoms. The third-order valence-corrected chi connectivity index (χ3v) is 13.3. The van der Waals surface area contributed by atoms with Crippen molar-refractivity contribution in [3.05, 3.63) is 161 Å². The first-order chi connectivity index (χ1) is 29.0. The van der Waals surface area contributed by atoms with Gasteiger partial charge in [0.15, 0.2) is 0 Å². The molecule has 4 aliphatic rings. The van der Waals surface area contributed by atoms with E-state index in [1.54, 1.807) is 0 Å². The molecule has 6 aromatic rings. The van der Waals surface area contributed by atoms with Crippen LogP contribution in [0.15, 0.2) is 128 Å². The van der Waals surface area contributed by atoms with Gasteiger partial charge in [0.2, 0.25) is 0 Å². The Kier molecular flexibility index (Phi) is 8.32. The molecule has 4 heterocycles. The zero-order chi connectivity index (χ0) is 41.7. The van der Waals surface area contributed by atoms with Gasteiger partial charge < -0.3 is 19.6 Å². The summed E-state index contributed by atoms with van der Waals surface area (Å²) in [7, 11) is 0. The highest BCUT2D eigenvalue weighted by Gasteiger charge is 2.57. The number of nitrogens with zero attached hydrogens (tertiary/aromatic N) is 8. The van der Waals surface area contributed by atoms with Crippen LogP contribution >= 0.6 is 0 Å². The molecule has 0 radical (unpaired) electrons. The third kappa shape index (κ3) is 5.27. The molecule has 10 rings (SSSR count). The maximum absolute atomic E-state index is 11.8. The van der Waals surface area contributed by atoms with Crippen molar-refractivity contribution in [3.8, 4) is 23.3 Å². The number of hydrogen-bond acceptors (Lipinski definition) is 8. The van der Waals surface area contributed by atoms with Crippen molar-refractivity contribution in [1.29, 1.82) is 10.5 Å². The fraction of sp³-hybridized carbons (Fsp3) is 0.231. The van der Waals surface area contributed by atoms with Gasteiger partial charge in [0, 0.05) is 30.8 Å². The van der Waals surface area contributed by atoms with E-state index in [0.717, 1.165) is 104 Å². The summed E-state index contributed by atoms with van der Waals surface area (Å²) in [5.74, 6) is 0. The van der Waals surface area contributed by atoms with Crippen LogP contribution < -0.4 is 19.6 Å². The Morgan fingerprint density at radius 2 is 1.22 bits per heavy atom. The molecule has 8 heteroatoms. The highest BCUT2D eigenvalue weighted by atomic mass is 15.3. The number of rotatable bonds is 6. The molecule has 2 unspecified atom stereocenters. The maximum atomic E-state index is 11.8. The second-order valence-electron chi connectivity index (χ2n) is 17.6. The van der Waals surface area contributed by atoms with Gasteiger partial charge in [-0.15, -0.1) is 0 Å². The van der Waals surface area contributed by atoms with E-state index in [1.807, 2.05) is 43.8 Å². The van der Waals surface area contributed by atoms with E-state index in [-0.39, 0.29) is 10.8 Å². The Labute approximate surface area is 352 Å². The van der Waals surface area contributed by atoms with E-state index >= 15 is 0 Å². The lowest BCUT2D eigenvalue weighted by Crippen LogP contribution is -2.33. The van der Waals surface area contributed by atoms with Crippen LogP contribution in [0.4, 0.5) is 51.2 Å². The van der Waals surface area contributed by atoms with E-state index in [4.69, 9.17) is 4.98 Å². The zero-order valence-electron chi connectivity index (χ0n) is 35.0. The van der Waals surface area contributed by atoms with Crippen molar-refractivity contribution >= 4 is 51.2 Å². The Bertz CT molecular complexity index is 2910. The van der Waals surface area contributed by atoms with Crippen molar-refractivity contribution in [3.63, 3.8) is 0 Å². The van der Waals surface area contributed by atoms with E-state index in [2.05, 4.69) is 151 Å². The average molecular weight is 783 g/mol. The van der Waals surface area contributed by atoms with Crippen LogP contribution in [-0.4, -0.2) is 16.5 Å². The molecule has 294 valence electrons. The number of nitriles is 2. The van der Waals surface area contributed by atoms with Gasteiger partial charge in [0.25, 0.3) is 0 Å². The highest BCUT2D eigenvalue weighted by Crippen LogP contribution is 2.67. The molecule has 2 bridgehead atoms. The number of pyridine rings is 2. The van der Waals surface area contributed by atoms with Gasteiger partial charge in [-0.25, -0.2) is 0 Å². The Morgan fingerprint density at radius 3 is 1.83 bits per heavy atom. The number of anilines is 9. The summed E-state index contributed by atoms with van der Waals surface area (Å²) in [6, 6.07) is 33.2. The first-order valence-electron chi connectivity index (χ1n) is 20.7. The summed E-state index contributed by atoms with van der Waals surface area (Å²) in [6.45, 7) is 17.9. The highest BCUT2D eigenvalue weighted by molar-refractivity contribution is 6.08. The number of fused-ring (bicyclic) bond motifs is 8. The summed E-state index contributed by atoms with van der Waals surface area (Å²) in [4.78, 5) is 18.3. The molecule has 2 aliphatic carbocycles. The lowest BCUT2D eigenvalue weighted by atomic mass is 9.73. The largest absolute Gasteiger partial charge is 0.339 e. The maximum Gasteiger partial charge on any atom is 0.102 e. The number of para-hydroxylation sites is 1. The fourth-order valence-corrected chi connectivity index (χ4v) is 11.0. The van der Waals surface area contributed by atoms with E-state index < -0.39 is 0 Å². The minimum absolute atomic E-state index is 0.250. The zero-order valence-corrected chi connectivity index (χ0v) is 35.0. The molecule has 1 fully saturated rings. The molecule has 2 aliphatic heterocycles. The van der Waals surface area contributed by atoms with Crippen LogP contribution in [-0.2, 0) is 10.8 Å². The summed E-state index contributed by atoms with van der Waals surface area (Å²) in [6.07, 6.45) is 12.4. The van der Waals surface area contributed by atoms with E-state index in [9.17, 15) is 10.5 Å². The van der Waals surface area contributed by atoms with Crippen molar-refractivity contribution in [2.75, 3.05) is 26.1 Å². The molecule has 0 amide bonds. The van der Waals surface area contributed by atoms with Gasteiger partial charge in [-0.3, -0.25) is 9.97 Å². The molecule has 2 aromatic heterocycles. The molecule has 2 atom stereocenters. The predicted octanol–water partition coefficient (Wildman–Crippen LogP) is 12.9. The van der Waals surface area contributed by atoms with E-state index in [0.29, 0.717) is 29.0 Å². The number of aryl methyl sites for hydroxylation is 2. The predicted molar refractivity (Wildman–Crippen MR) is 242 cm³/mol. The van der Waals surface area contributed by atoms with Gasteiger partial charge in [0.05, 0.1) is 74.7 Å². The molecule has 8 nitrogen and oxygen atoms in total. The van der Waals surface area contributed by atoms with Crippen LogP contribution in [0.1, 0.15) is 80.3 Å². The summed E-state index contributed by atoms with van der Waals surface area (Å²) < 4.78 is 0. The topological polar surface area (TPSA) is 86.3 Å². The Balaban J connectivity index is 1.36. The lowest BCUT2D eigenvalue weighted by Gasteiger charge is -2.45. The van der Waals surface area contributed by atoms with Gasteiger partial charge in [0.1, 0.15) is 12.1 Å². The monoisotopic (exact) mass is 782 g/mol. The summed E-state index contributed by atoms with van der Waals surface area (Å²) in [5.41, 5.74) is 17.0. The van der Waals surface area contributed by atoms with E-state index in [1.165, 1.54) is 0 Å². The minimum atomic E-state index is -0.262. The van der Waals surface area contributed by atoms with Gasteiger partial charge in [-0.05, 0) is 115 Å². The smallest absolute Gasteiger partial charge is 0.102 e. The van der Waals surface area contributed by atoms with Crippen LogP contribution in [0.2, 0.25) is 0 Å². The SMILES string of the molecule is C=C(C)CN1C=C(C)N(c2c(C#N)c3c(c(C#N)c2N2c4ccncc4N(c4c(C)cccc4C)c4cc(-c5ccccc5)ccc42)C2(C)CCC3(C)C2)c2ccncc21. The first-order valence-corrected chi connectivity index (χ1v) is 20.7. The van der Waals surface area contributed by atoms with Gasteiger partial charge in [-0.2, -0.15) is 10.5 Å². The molecule has 0 spiro atoms. The number of hydrogen-bond donors (Lipinski definition) is 0. The van der Waals surface area contributed by atoms with Crippen molar-refractivity contribution < 1.29 is 0 Å². The number of aromatic nitrogens is 2. The fourth-order valence-electron chi connectivity index (χ4n) is 11.0.